The number of carbonyl (C=O) groups excluding carboxylic acids is 2. The van der Waals surface area contributed by atoms with Crippen LogP contribution in [0.5, 0.6) is 0 Å². The van der Waals surface area contributed by atoms with Gasteiger partial charge < -0.3 is 10.6 Å². The first-order valence-electron chi connectivity index (χ1n) is 11.1. The Morgan fingerprint density at radius 3 is 2.54 bits per heavy atom. The van der Waals surface area contributed by atoms with Gasteiger partial charge in [0.1, 0.15) is 17.3 Å². The number of aromatic amines is 1. The van der Waals surface area contributed by atoms with Crippen LogP contribution in [0.15, 0.2) is 79.1 Å². The summed E-state index contributed by atoms with van der Waals surface area (Å²) in [4.78, 5) is 30.3. The molecule has 0 spiro atoms. The highest BCUT2D eigenvalue weighted by molar-refractivity contribution is 6.34. The van der Waals surface area contributed by atoms with Gasteiger partial charge in [0.25, 0.3) is 11.8 Å². The molecular weight excluding hydrogens is 497 g/mol. The van der Waals surface area contributed by atoms with Gasteiger partial charge in [0.05, 0.1) is 27.7 Å². The summed E-state index contributed by atoms with van der Waals surface area (Å²) in [5, 5.41) is 16.7. The van der Waals surface area contributed by atoms with Gasteiger partial charge in [-0.2, -0.15) is 10.2 Å². The zero-order valence-electron chi connectivity index (χ0n) is 19.4. The lowest BCUT2D eigenvalue weighted by Crippen LogP contribution is -2.16. The van der Waals surface area contributed by atoms with Crippen LogP contribution < -0.4 is 10.6 Å². The van der Waals surface area contributed by atoms with Crippen molar-refractivity contribution >= 4 is 34.9 Å². The predicted octanol–water partition coefficient (Wildman–Crippen LogP) is 5.26. The van der Waals surface area contributed by atoms with Crippen LogP contribution >= 0.6 is 11.6 Å². The van der Waals surface area contributed by atoms with Gasteiger partial charge in [-0.15, -0.1) is 0 Å². The van der Waals surface area contributed by atoms with Crippen LogP contribution in [0.2, 0.25) is 5.02 Å². The third kappa shape index (κ3) is 4.95. The van der Waals surface area contributed by atoms with Crippen molar-refractivity contribution in [3.05, 3.63) is 107 Å². The molecule has 5 rings (SSSR count). The molecule has 2 aromatic carbocycles. The van der Waals surface area contributed by atoms with Crippen molar-refractivity contribution in [2.45, 2.75) is 6.92 Å². The van der Waals surface area contributed by atoms with Crippen LogP contribution in [-0.4, -0.2) is 36.8 Å². The first-order valence-corrected chi connectivity index (χ1v) is 11.5. The number of hydrogen-bond donors (Lipinski definition) is 3. The number of hydrogen-bond acceptors (Lipinski definition) is 5. The van der Waals surface area contributed by atoms with Crippen LogP contribution in [0.1, 0.15) is 26.5 Å². The Kier molecular flexibility index (Phi) is 6.48. The van der Waals surface area contributed by atoms with Gasteiger partial charge in [-0.05, 0) is 43.3 Å². The summed E-state index contributed by atoms with van der Waals surface area (Å²) in [6, 6.07) is 17.8. The summed E-state index contributed by atoms with van der Waals surface area (Å²) in [7, 11) is 0. The van der Waals surface area contributed by atoms with E-state index in [1.807, 2.05) is 6.07 Å². The van der Waals surface area contributed by atoms with Crippen LogP contribution in [-0.2, 0) is 0 Å². The number of carbonyl (C=O) groups is 2. The zero-order chi connectivity index (χ0) is 25.9. The summed E-state index contributed by atoms with van der Waals surface area (Å²) in [5.41, 5.74) is 2.39. The number of halogens is 2. The molecule has 0 saturated heterocycles. The van der Waals surface area contributed by atoms with Gasteiger partial charge in [0.15, 0.2) is 5.69 Å². The number of anilines is 2. The fraction of sp³-hybridized carbons (Fsp3) is 0.0385. The number of pyridine rings is 1. The van der Waals surface area contributed by atoms with Crippen molar-refractivity contribution < 1.29 is 14.0 Å². The average molecular weight is 516 g/mol. The van der Waals surface area contributed by atoms with Crippen molar-refractivity contribution in [1.82, 2.24) is 25.0 Å². The molecule has 0 aliphatic carbocycles. The molecule has 3 N–H and O–H groups in total. The highest BCUT2D eigenvalue weighted by atomic mass is 35.5. The van der Waals surface area contributed by atoms with Gasteiger partial charge in [-0.3, -0.25) is 19.7 Å². The number of aryl methyl sites for hydroxylation is 1. The maximum Gasteiger partial charge on any atom is 0.276 e. The highest BCUT2D eigenvalue weighted by Crippen LogP contribution is 2.27. The second-order valence-corrected chi connectivity index (χ2v) is 8.39. The van der Waals surface area contributed by atoms with Crippen LogP contribution in [0.3, 0.4) is 0 Å². The van der Waals surface area contributed by atoms with E-state index in [4.69, 9.17) is 11.6 Å². The predicted molar refractivity (Wildman–Crippen MR) is 137 cm³/mol. The maximum atomic E-state index is 14.3. The van der Waals surface area contributed by atoms with Crippen LogP contribution in [0, 0.1) is 12.7 Å². The van der Waals surface area contributed by atoms with Gasteiger partial charge in [-0.1, -0.05) is 35.9 Å². The minimum Gasteiger partial charge on any atom is -0.318 e. The molecular formula is C26H19ClFN7O2. The quantitative estimate of drug-likeness (QED) is 0.285. The lowest BCUT2D eigenvalue weighted by Gasteiger charge is -2.11. The first-order chi connectivity index (χ1) is 17.9. The molecule has 9 nitrogen and oxygen atoms in total. The molecule has 2 amide bonds. The number of benzene rings is 2. The molecule has 0 fully saturated rings. The Hall–Kier alpha value is -4.83. The van der Waals surface area contributed by atoms with E-state index in [0.717, 1.165) is 0 Å². The molecule has 3 aromatic heterocycles. The SMILES string of the molecule is Cc1n[nH]cc1NC(=O)c1cc(NC(=O)c2cc(-c3ncccc3F)ccc2Cl)n(-c2ccccc2)n1. The Morgan fingerprint density at radius 1 is 1.00 bits per heavy atom. The summed E-state index contributed by atoms with van der Waals surface area (Å²) in [6.07, 6.45) is 3.02. The van der Waals surface area contributed by atoms with Crippen LogP contribution in [0.25, 0.3) is 16.9 Å². The van der Waals surface area contributed by atoms with E-state index in [2.05, 4.69) is 30.9 Å². The van der Waals surface area contributed by atoms with E-state index in [1.165, 1.54) is 41.2 Å². The van der Waals surface area contributed by atoms with Gasteiger partial charge in [0, 0.05) is 24.0 Å². The smallest absolute Gasteiger partial charge is 0.276 e. The van der Waals surface area contributed by atoms with Crippen molar-refractivity contribution in [1.29, 1.82) is 0 Å². The fourth-order valence-electron chi connectivity index (χ4n) is 3.65. The van der Waals surface area contributed by atoms with E-state index in [0.29, 0.717) is 22.6 Å². The lowest BCUT2D eigenvalue weighted by molar-refractivity contribution is 0.101. The molecule has 11 heteroatoms. The van der Waals surface area contributed by atoms with Gasteiger partial charge >= 0.3 is 0 Å². The van der Waals surface area contributed by atoms with Crippen molar-refractivity contribution in [2.24, 2.45) is 0 Å². The molecule has 0 unspecified atom stereocenters. The molecule has 0 bridgehead atoms. The minimum absolute atomic E-state index is 0.0650. The molecule has 37 heavy (non-hydrogen) atoms. The molecule has 5 aromatic rings. The largest absolute Gasteiger partial charge is 0.318 e. The standard InChI is InChI=1S/C26H19ClFN7O2/c1-15-22(14-30-33-15)31-26(37)21-13-23(35(34-21)17-6-3-2-4-7-17)32-25(36)18-12-16(9-10-19(18)27)24-20(28)8-5-11-29-24/h2-14H,1H3,(H,30,33)(H,31,37)(H,32,36). The topological polar surface area (TPSA) is 118 Å². The lowest BCUT2D eigenvalue weighted by atomic mass is 10.1. The molecule has 0 radical (unpaired) electrons. The Balaban J connectivity index is 1.49. The van der Waals surface area contributed by atoms with Gasteiger partial charge in [-0.25, -0.2) is 9.07 Å². The number of para-hydroxylation sites is 1. The molecule has 0 aliphatic heterocycles. The number of nitrogens with zero attached hydrogens (tertiary/aromatic N) is 4. The Labute approximate surface area is 215 Å². The first kappa shape index (κ1) is 23.9. The van der Waals surface area contributed by atoms with E-state index < -0.39 is 17.6 Å². The third-order valence-corrected chi connectivity index (χ3v) is 5.84. The second-order valence-electron chi connectivity index (χ2n) is 7.98. The molecule has 184 valence electrons. The van der Waals surface area contributed by atoms with Crippen molar-refractivity contribution in [2.75, 3.05) is 10.6 Å². The molecule has 0 aliphatic rings. The number of nitrogens with one attached hydrogen (secondary N) is 3. The number of amides is 2. The van der Waals surface area contributed by atoms with E-state index in [9.17, 15) is 14.0 Å². The van der Waals surface area contributed by atoms with Gasteiger partial charge in [0.2, 0.25) is 0 Å². The fourth-order valence-corrected chi connectivity index (χ4v) is 3.85. The van der Waals surface area contributed by atoms with Crippen molar-refractivity contribution in [3.8, 4) is 16.9 Å². The average Bonchev–Trinajstić information content (AvgIpc) is 3.51. The van der Waals surface area contributed by atoms with E-state index in [-0.39, 0.29) is 27.8 Å². The normalized spacial score (nSPS) is 10.8. The minimum atomic E-state index is -0.571. The van der Waals surface area contributed by atoms with Crippen molar-refractivity contribution in [3.63, 3.8) is 0 Å². The van der Waals surface area contributed by atoms with E-state index >= 15 is 0 Å². The molecule has 0 atom stereocenters. The zero-order valence-corrected chi connectivity index (χ0v) is 20.1. The van der Waals surface area contributed by atoms with E-state index in [1.54, 1.807) is 43.5 Å². The number of aromatic nitrogens is 5. The summed E-state index contributed by atoms with van der Waals surface area (Å²) in [6.45, 7) is 1.75. The third-order valence-electron chi connectivity index (χ3n) is 5.51. The number of rotatable bonds is 6. The summed E-state index contributed by atoms with van der Waals surface area (Å²) < 4.78 is 15.7. The number of H-pyrrole nitrogens is 1. The monoisotopic (exact) mass is 515 g/mol. The summed E-state index contributed by atoms with van der Waals surface area (Å²) in [5.74, 6) is -1.35. The Bertz CT molecular complexity index is 1610. The molecule has 3 heterocycles. The second kappa shape index (κ2) is 10.0. The maximum absolute atomic E-state index is 14.3. The highest BCUT2D eigenvalue weighted by Gasteiger charge is 2.21. The Morgan fingerprint density at radius 2 is 1.81 bits per heavy atom. The summed E-state index contributed by atoms with van der Waals surface area (Å²) >= 11 is 6.32. The molecule has 0 saturated carbocycles. The van der Waals surface area contributed by atoms with Crippen LogP contribution in [0.4, 0.5) is 15.9 Å².